The Hall–Kier alpha value is -0.900. The predicted molar refractivity (Wildman–Crippen MR) is 40.8 cm³/mol. The highest BCUT2D eigenvalue weighted by atomic mass is 16.6. The second-order valence-corrected chi connectivity index (χ2v) is 2.47. The van der Waals surface area contributed by atoms with E-state index in [1.165, 1.54) is 0 Å². The van der Waals surface area contributed by atoms with E-state index in [-0.39, 0.29) is 0 Å². The van der Waals surface area contributed by atoms with E-state index < -0.39 is 0 Å². The van der Waals surface area contributed by atoms with Gasteiger partial charge >= 0.3 is 0 Å². The smallest absolute Gasteiger partial charge is 0.121 e. The average Bonchev–Trinajstić information content (AvgIpc) is 2.47. The van der Waals surface area contributed by atoms with E-state index in [1.807, 2.05) is 0 Å². The first-order chi connectivity index (χ1) is 5.38. The highest BCUT2D eigenvalue weighted by molar-refractivity contribution is 5.06. The quantitative estimate of drug-likeness (QED) is 0.700. The van der Waals surface area contributed by atoms with Crippen molar-refractivity contribution in [2.75, 3.05) is 0 Å². The van der Waals surface area contributed by atoms with Crippen LogP contribution in [0.4, 0.5) is 0 Å². The molecule has 4 nitrogen and oxygen atoms in total. The van der Waals surface area contributed by atoms with Crippen LogP contribution in [0.5, 0.6) is 0 Å². The lowest BCUT2D eigenvalue weighted by atomic mass is 10.2. The minimum atomic E-state index is 0.419. The summed E-state index contributed by atoms with van der Waals surface area (Å²) in [5.74, 6) is 0. The molecular weight excluding hydrogens is 142 g/mol. The molecule has 1 heterocycles. The molecule has 0 aromatic carbocycles. The van der Waals surface area contributed by atoms with E-state index in [1.54, 1.807) is 0 Å². The zero-order valence-electron chi connectivity index (χ0n) is 6.71. The Balaban J connectivity index is 2.54. The number of nitrogens with two attached hydrogens (primary N) is 1. The maximum Gasteiger partial charge on any atom is 0.121 e. The Morgan fingerprint density at radius 1 is 1.36 bits per heavy atom. The summed E-state index contributed by atoms with van der Waals surface area (Å²) in [7, 11) is 0. The van der Waals surface area contributed by atoms with E-state index in [4.69, 9.17) is 5.73 Å². The van der Waals surface area contributed by atoms with Crippen molar-refractivity contribution < 1.29 is 4.63 Å². The molecule has 0 bridgehead atoms. The Labute approximate surface area is 65.7 Å². The number of aryl methyl sites for hydroxylation is 1. The lowest BCUT2D eigenvalue weighted by Crippen LogP contribution is -2.00. The van der Waals surface area contributed by atoms with Gasteiger partial charge in [0.15, 0.2) is 0 Å². The molecule has 4 heteroatoms. The van der Waals surface area contributed by atoms with Gasteiger partial charge in [-0.15, -0.1) is 0 Å². The van der Waals surface area contributed by atoms with Gasteiger partial charge in [0.25, 0.3) is 0 Å². The Morgan fingerprint density at radius 3 is 2.73 bits per heavy atom. The van der Waals surface area contributed by atoms with Gasteiger partial charge in [0.2, 0.25) is 0 Å². The van der Waals surface area contributed by atoms with E-state index in [9.17, 15) is 0 Å². The van der Waals surface area contributed by atoms with Crippen LogP contribution in [-0.4, -0.2) is 10.3 Å². The van der Waals surface area contributed by atoms with E-state index in [0.717, 1.165) is 30.7 Å². The molecule has 0 radical (unpaired) electrons. The number of hydrogen-bond donors (Lipinski definition) is 1. The van der Waals surface area contributed by atoms with Gasteiger partial charge in [-0.1, -0.05) is 23.7 Å². The molecule has 0 saturated heterocycles. The predicted octanol–water partition coefficient (Wildman–Crippen LogP) is 0.871. The van der Waals surface area contributed by atoms with Crippen molar-refractivity contribution in [2.24, 2.45) is 5.73 Å². The zero-order chi connectivity index (χ0) is 8.10. The van der Waals surface area contributed by atoms with Crippen molar-refractivity contribution in [3.8, 4) is 0 Å². The fraction of sp³-hybridized carbons (Fsp3) is 0.714. The lowest BCUT2D eigenvalue weighted by Gasteiger charge is -1.92. The molecule has 0 saturated carbocycles. The molecule has 0 spiro atoms. The van der Waals surface area contributed by atoms with Gasteiger partial charge in [-0.2, -0.15) is 0 Å². The summed E-state index contributed by atoms with van der Waals surface area (Å²) in [6, 6.07) is 0. The fourth-order valence-electron chi connectivity index (χ4n) is 0.914. The average molecular weight is 155 g/mol. The first kappa shape index (κ1) is 8.20. The van der Waals surface area contributed by atoms with Gasteiger partial charge < -0.3 is 5.73 Å². The summed E-state index contributed by atoms with van der Waals surface area (Å²) >= 11 is 0. The van der Waals surface area contributed by atoms with Crippen molar-refractivity contribution in [2.45, 2.75) is 32.7 Å². The summed E-state index contributed by atoms with van der Waals surface area (Å²) in [6.07, 6.45) is 3.19. The molecule has 1 rings (SSSR count). The Bertz CT molecular complexity index is 209. The van der Waals surface area contributed by atoms with Crippen molar-refractivity contribution in [1.82, 2.24) is 10.3 Å². The molecule has 62 valence electrons. The molecule has 0 fully saturated rings. The maximum atomic E-state index is 5.40. The summed E-state index contributed by atoms with van der Waals surface area (Å²) in [5.41, 5.74) is 7.11. The summed E-state index contributed by atoms with van der Waals surface area (Å²) < 4.78 is 4.55. The van der Waals surface area contributed by atoms with Gasteiger partial charge in [0.1, 0.15) is 11.4 Å². The molecule has 1 aromatic heterocycles. The van der Waals surface area contributed by atoms with Crippen LogP contribution in [0.15, 0.2) is 4.63 Å². The molecule has 0 unspecified atom stereocenters. The van der Waals surface area contributed by atoms with Crippen LogP contribution < -0.4 is 5.73 Å². The minimum absolute atomic E-state index is 0.419. The second-order valence-electron chi connectivity index (χ2n) is 2.47. The highest BCUT2D eigenvalue weighted by Gasteiger charge is 2.05. The number of aromatic nitrogens is 2. The second kappa shape index (κ2) is 4.08. The summed E-state index contributed by atoms with van der Waals surface area (Å²) in [4.78, 5) is 0. The van der Waals surface area contributed by atoms with Crippen molar-refractivity contribution in [1.29, 1.82) is 0 Å². The minimum Gasteiger partial charge on any atom is -0.325 e. The van der Waals surface area contributed by atoms with Crippen molar-refractivity contribution in [3.05, 3.63) is 11.4 Å². The van der Waals surface area contributed by atoms with Crippen LogP contribution in [0, 0.1) is 0 Å². The summed E-state index contributed by atoms with van der Waals surface area (Å²) in [5, 5.41) is 7.43. The molecule has 0 aliphatic heterocycles. The largest absolute Gasteiger partial charge is 0.325 e. The van der Waals surface area contributed by atoms with Crippen molar-refractivity contribution >= 4 is 0 Å². The molecule has 1 aromatic rings. The molecule has 0 aliphatic carbocycles. The van der Waals surface area contributed by atoms with Crippen LogP contribution >= 0.6 is 0 Å². The van der Waals surface area contributed by atoms with Crippen LogP contribution in [0.2, 0.25) is 0 Å². The topological polar surface area (TPSA) is 64.9 Å². The Kier molecular flexibility index (Phi) is 3.04. The maximum absolute atomic E-state index is 5.40. The zero-order valence-corrected chi connectivity index (χ0v) is 6.71. The molecular formula is C7H13N3O. The van der Waals surface area contributed by atoms with Crippen LogP contribution in [0.1, 0.15) is 31.2 Å². The van der Waals surface area contributed by atoms with Gasteiger partial charge in [0.05, 0.1) is 0 Å². The first-order valence-corrected chi connectivity index (χ1v) is 3.88. The third-order valence-electron chi connectivity index (χ3n) is 1.60. The molecule has 2 N–H and O–H groups in total. The number of rotatable bonds is 4. The van der Waals surface area contributed by atoms with Gasteiger partial charge in [-0.05, 0) is 12.8 Å². The summed E-state index contributed by atoms with van der Waals surface area (Å²) in [6.45, 7) is 2.55. The number of hydrogen-bond acceptors (Lipinski definition) is 4. The molecule has 0 amide bonds. The highest BCUT2D eigenvalue weighted by Crippen LogP contribution is 2.05. The van der Waals surface area contributed by atoms with E-state index in [2.05, 4.69) is 21.9 Å². The van der Waals surface area contributed by atoms with E-state index in [0.29, 0.717) is 6.54 Å². The molecule has 11 heavy (non-hydrogen) atoms. The standard InChI is InChI=1S/C7H13N3O/c1-2-3-4-6-7(5-8)10-11-9-6/h2-5,8H2,1H3. The van der Waals surface area contributed by atoms with Crippen molar-refractivity contribution in [3.63, 3.8) is 0 Å². The van der Waals surface area contributed by atoms with Gasteiger partial charge in [-0.3, -0.25) is 0 Å². The number of unbranched alkanes of at least 4 members (excludes halogenated alkanes) is 1. The first-order valence-electron chi connectivity index (χ1n) is 3.88. The third kappa shape index (κ3) is 2.01. The van der Waals surface area contributed by atoms with Gasteiger partial charge in [0, 0.05) is 6.54 Å². The van der Waals surface area contributed by atoms with Crippen LogP contribution in [0.3, 0.4) is 0 Å². The molecule has 0 aliphatic rings. The lowest BCUT2D eigenvalue weighted by molar-refractivity contribution is 0.300. The van der Waals surface area contributed by atoms with Crippen LogP contribution in [0.25, 0.3) is 0 Å². The molecule has 0 atom stereocenters. The van der Waals surface area contributed by atoms with E-state index >= 15 is 0 Å². The van der Waals surface area contributed by atoms with Gasteiger partial charge in [-0.25, -0.2) is 4.63 Å². The SMILES string of the molecule is CCCCc1nonc1CN. The third-order valence-corrected chi connectivity index (χ3v) is 1.60. The normalized spacial score (nSPS) is 10.4. The number of nitrogens with zero attached hydrogens (tertiary/aromatic N) is 2. The van der Waals surface area contributed by atoms with Crippen LogP contribution in [-0.2, 0) is 13.0 Å². The Morgan fingerprint density at radius 2 is 2.09 bits per heavy atom. The fourth-order valence-corrected chi connectivity index (χ4v) is 0.914. The monoisotopic (exact) mass is 155 g/mol.